The number of fused-ring (bicyclic) bond motifs is 1. The minimum Gasteiger partial charge on any atom is -0.357 e. The fourth-order valence-corrected chi connectivity index (χ4v) is 3.17. The lowest BCUT2D eigenvalue weighted by atomic mass is 9.93. The highest BCUT2D eigenvalue weighted by Crippen LogP contribution is 2.31. The number of nitriles is 1. The summed E-state index contributed by atoms with van der Waals surface area (Å²) in [4.78, 5) is 7.25. The third-order valence-corrected chi connectivity index (χ3v) is 4.35. The number of aromatic nitrogens is 1. The van der Waals surface area contributed by atoms with E-state index in [1.165, 1.54) is 18.4 Å². The molecule has 3 nitrogen and oxygen atoms in total. The predicted octanol–water partition coefficient (Wildman–Crippen LogP) is 4.14. The molecule has 3 heteroatoms. The van der Waals surface area contributed by atoms with Gasteiger partial charge in [-0.2, -0.15) is 5.26 Å². The summed E-state index contributed by atoms with van der Waals surface area (Å²) in [6, 6.07) is 8.62. The third-order valence-electron chi connectivity index (χ3n) is 4.35. The molecule has 0 amide bonds. The Balaban J connectivity index is 2.25. The smallest absolute Gasteiger partial charge is 0.129 e. The highest BCUT2D eigenvalue weighted by Gasteiger charge is 2.17. The molecule has 1 aliphatic heterocycles. The molecule has 1 saturated heterocycles. The molecule has 3 rings (SSSR count). The van der Waals surface area contributed by atoms with Crippen LogP contribution in [0.25, 0.3) is 10.9 Å². The zero-order valence-electron chi connectivity index (χ0n) is 13.0. The maximum absolute atomic E-state index is 9.44. The number of pyridine rings is 1. The van der Waals surface area contributed by atoms with Gasteiger partial charge in [0, 0.05) is 18.5 Å². The number of hydrogen-bond donors (Lipinski definition) is 0. The summed E-state index contributed by atoms with van der Waals surface area (Å²) >= 11 is 0. The van der Waals surface area contributed by atoms with Crippen molar-refractivity contribution in [3.63, 3.8) is 0 Å². The number of anilines is 1. The van der Waals surface area contributed by atoms with Crippen LogP contribution in [0.2, 0.25) is 0 Å². The Kier molecular flexibility index (Phi) is 3.55. The molecule has 0 bridgehead atoms. The van der Waals surface area contributed by atoms with Crippen molar-refractivity contribution in [1.29, 1.82) is 5.26 Å². The average Bonchev–Trinajstić information content (AvgIpc) is 3.00. The van der Waals surface area contributed by atoms with Gasteiger partial charge < -0.3 is 4.90 Å². The van der Waals surface area contributed by atoms with E-state index >= 15 is 0 Å². The van der Waals surface area contributed by atoms with Crippen LogP contribution in [0.5, 0.6) is 0 Å². The highest BCUT2D eigenvalue weighted by molar-refractivity contribution is 5.90. The Hall–Kier alpha value is -2.08. The van der Waals surface area contributed by atoms with E-state index in [0.717, 1.165) is 40.9 Å². The van der Waals surface area contributed by atoms with Gasteiger partial charge in [-0.15, -0.1) is 0 Å². The molecular weight excluding hydrogens is 258 g/mol. The number of nitrogens with zero attached hydrogens (tertiary/aromatic N) is 3. The molecule has 0 unspecified atom stereocenters. The van der Waals surface area contributed by atoms with Gasteiger partial charge in [0.05, 0.1) is 11.1 Å². The first-order valence-corrected chi connectivity index (χ1v) is 7.71. The molecule has 0 atom stereocenters. The van der Waals surface area contributed by atoms with Crippen LogP contribution < -0.4 is 4.90 Å². The Morgan fingerprint density at radius 1 is 1.24 bits per heavy atom. The average molecular weight is 279 g/mol. The second kappa shape index (κ2) is 5.37. The van der Waals surface area contributed by atoms with Crippen LogP contribution in [0.1, 0.15) is 49.3 Å². The fourth-order valence-electron chi connectivity index (χ4n) is 3.17. The molecule has 0 radical (unpaired) electrons. The molecule has 2 aromatic rings. The molecule has 1 aromatic carbocycles. The van der Waals surface area contributed by atoms with Crippen molar-refractivity contribution in [3.8, 4) is 6.07 Å². The van der Waals surface area contributed by atoms with Crippen molar-refractivity contribution < 1.29 is 0 Å². The summed E-state index contributed by atoms with van der Waals surface area (Å²) in [6.45, 7) is 8.56. The molecule has 2 heterocycles. The monoisotopic (exact) mass is 279 g/mol. The number of benzene rings is 1. The van der Waals surface area contributed by atoms with Crippen molar-refractivity contribution in [2.45, 2.75) is 39.5 Å². The molecule has 0 N–H and O–H groups in total. The Bertz CT molecular complexity index is 719. The molecule has 0 spiro atoms. The highest BCUT2D eigenvalue weighted by atomic mass is 15.2. The van der Waals surface area contributed by atoms with Crippen LogP contribution in [0.4, 0.5) is 5.82 Å². The van der Waals surface area contributed by atoms with Gasteiger partial charge in [0.25, 0.3) is 0 Å². The Morgan fingerprint density at radius 3 is 2.57 bits per heavy atom. The minimum atomic E-state index is 0.403. The van der Waals surface area contributed by atoms with Gasteiger partial charge in [-0.25, -0.2) is 4.98 Å². The van der Waals surface area contributed by atoms with Gasteiger partial charge in [-0.05, 0) is 48.9 Å². The van der Waals surface area contributed by atoms with Gasteiger partial charge >= 0.3 is 0 Å². The summed E-state index contributed by atoms with van der Waals surface area (Å²) in [7, 11) is 0. The first-order valence-electron chi connectivity index (χ1n) is 7.71. The van der Waals surface area contributed by atoms with E-state index in [4.69, 9.17) is 4.98 Å². The lowest BCUT2D eigenvalue weighted by Gasteiger charge is -2.19. The number of hydrogen-bond acceptors (Lipinski definition) is 3. The second-order valence-electron chi connectivity index (χ2n) is 6.18. The van der Waals surface area contributed by atoms with Gasteiger partial charge in [0.15, 0.2) is 0 Å². The van der Waals surface area contributed by atoms with Crippen molar-refractivity contribution in [2.24, 2.45) is 0 Å². The van der Waals surface area contributed by atoms with Crippen molar-refractivity contribution in [1.82, 2.24) is 4.98 Å². The van der Waals surface area contributed by atoms with Gasteiger partial charge in [-0.3, -0.25) is 0 Å². The SMILES string of the molecule is Cc1cc(C(C)C)c2nc(N3CCCC3)ccc2c1C#N. The van der Waals surface area contributed by atoms with E-state index in [1.807, 2.05) is 6.92 Å². The molecule has 0 aliphatic carbocycles. The van der Waals surface area contributed by atoms with Crippen molar-refractivity contribution >= 4 is 16.7 Å². The van der Waals surface area contributed by atoms with Crippen LogP contribution in [0.15, 0.2) is 18.2 Å². The fraction of sp³-hybridized carbons (Fsp3) is 0.444. The summed E-state index contributed by atoms with van der Waals surface area (Å²) < 4.78 is 0. The molecule has 1 aromatic heterocycles. The van der Waals surface area contributed by atoms with E-state index in [1.54, 1.807) is 0 Å². The maximum Gasteiger partial charge on any atom is 0.129 e. The van der Waals surface area contributed by atoms with Crippen LogP contribution in [-0.4, -0.2) is 18.1 Å². The van der Waals surface area contributed by atoms with Gasteiger partial charge in [0.1, 0.15) is 11.9 Å². The van der Waals surface area contributed by atoms with Crippen LogP contribution >= 0.6 is 0 Å². The lowest BCUT2D eigenvalue weighted by Crippen LogP contribution is -2.19. The molecular formula is C18H21N3. The Morgan fingerprint density at radius 2 is 1.95 bits per heavy atom. The van der Waals surface area contributed by atoms with Crippen LogP contribution in [0, 0.1) is 18.3 Å². The van der Waals surface area contributed by atoms with E-state index in [-0.39, 0.29) is 0 Å². The van der Waals surface area contributed by atoms with E-state index < -0.39 is 0 Å². The predicted molar refractivity (Wildman–Crippen MR) is 86.7 cm³/mol. The van der Waals surface area contributed by atoms with E-state index in [9.17, 15) is 5.26 Å². The first kappa shape index (κ1) is 13.9. The largest absolute Gasteiger partial charge is 0.357 e. The molecule has 0 saturated carbocycles. The summed E-state index contributed by atoms with van der Waals surface area (Å²) in [5, 5.41) is 10.4. The zero-order valence-corrected chi connectivity index (χ0v) is 13.0. The summed E-state index contributed by atoms with van der Waals surface area (Å²) in [6.07, 6.45) is 2.49. The quantitative estimate of drug-likeness (QED) is 0.829. The van der Waals surface area contributed by atoms with E-state index in [0.29, 0.717) is 5.92 Å². The topological polar surface area (TPSA) is 39.9 Å². The molecule has 1 aliphatic rings. The zero-order chi connectivity index (χ0) is 15.0. The molecule has 1 fully saturated rings. The summed E-state index contributed by atoms with van der Waals surface area (Å²) in [5.41, 5.74) is 4.04. The van der Waals surface area contributed by atoms with Crippen molar-refractivity contribution in [3.05, 3.63) is 34.9 Å². The normalized spacial score (nSPS) is 14.9. The van der Waals surface area contributed by atoms with E-state index in [2.05, 4.69) is 43.0 Å². The number of aryl methyl sites for hydroxylation is 1. The van der Waals surface area contributed by atoms with Gasteiger partial charge in [-0.1, -0.05) is 19.9 Å². The minimum absolute atomic E-state index is 0.403. The standard InChI is InChI=1S/C18H21N3/c1-12(2)15-10-13(3)16(11-19)14-6-7-17(20-18(14)15)21-8-4-5-9-21/h6-7,10,12H,4-5,8-9H2,1-3H3. The van der Waals surface area contributed by atoms with Gasteiger partial charge in [0.2, 0.25) is 0 Å². The maximum atomic E-state index is 9.44. The van der Waals surface area contributed by atoms with Crippen LogP contribution in [0.3, 0.4) is 0 Å². The number of rotatable bonds is 2. The second-order valence-corrected chi connectivity index (χ2v) is 6.18. The summed E-state index contributed by atoms with van der Waals surface area (Å²) in [5.74, 6) is 1.45. The molecule has 108 valence electrons. The van der Waals surface area contributed by atoms with Crippen molar-refractivity contribution in [2.75, 3.05) is 18.0 Å². The first-order chi connectivity index (χ1) is 10.1. The lowest BCUT2D eigenvalue weighted by molar-refractivity contribution is 0.868. The Labute approximate surface area is 126 Å². The molecule has 21 heavy (non-hydrogen) atoms. The third kappa shape index (κ3) is 2.35. The van der Waals surface area contributed by atoms with Crippen LogP contribution in [-0.2, 0) is 0 Å².